The number of carboxylic acid groups (broad SMARTS) is 1. The molecule has 0 aliphatic heterocycles. The van der Waals surface area contributed by atoms with E-state index in [1.165, 1.54) is 0 Å². The molecular weight excluding hydrogens is 213 g/mol. The fraction of sp³-hybridized carbons (Fsp3) is 0.273. The number of nitrogens with one attached hydrogen (secondary N) is 1. The molecule has 0 bridgehead atoms. The predicted octanol–water partition coefficient (Wildman–Crippen LogP) is 0.768. The number of carbonyl (C=O) groups is 2. The van der Waals surface area contributed by atoms with Gasteiger partial charge in [-0.05, 0) is 5.56 Å². The van der Waals surface area contributed by atoms with E-state index >= 15 is 0 Å². The number of aliphatic carboxylic acids is 1. The van der Waals surface area contributed by atoms with Gasteiger partial charge in [0.05, 0.1) is 0 Å². The topological polar surface area (TPSA) is 66.4 Å². The number of benzene rings is 1. The van der Waals surface area contributed by atoms with Gasteiger partial charge >= 0.3 is 5.97 Å². The van der Waals surface area contributed by atoms with E-state index in [1.54, 1.807) is 30.3 Å². The van der Waals surface area contributed by atoms with Crippen molar-refractivity contribution in [1.82, 2.24) is 5.32 Å². The molecule has 0 saturated carbocycles. The van der Waals surface area contributed by atoms with Crippen LogP contribution in [0.15, 0.2) is 30.3 Å². The zero-order chi connectivity index (χ0) is 12.0. The Kier molecular flexibility index (Phi) is 4.44. The minimum absolute atomic E-state index is 0.141. The standard InChI is InChI=1S/C11H12FNO3/c12-7-10(14)13-9(11(15)16)6-8-4-2-1-3-5-8/h1-5,9H,6-7H2,(H,13,14)(H,15,16)/t9-/m1/s1. The number of hydrogen-bond acceptors (Lipinski definition) is 2. The Balaban J connectivity index is 2.65. The third-order valence-electron chi connectivity index (χ3n) is 2.04. The van der Waals surface area contributed by atoms with Crippen molar-refractivity contribution in [2.45, 2.75) is 12.5 Å². The average molecular weight is 225 g/mol. The summed E-state index contributed by atoms with van der Waals surface area (Å²) in [5.41, 5.74) is 0.772. The molecule has 0 aliphatic rings. The maximum atomic E-state index is 11.9. The van der Waals surface area contributed by atoms with Gasteiger partial charge in [0.1, 0.15) is 6.04 Å². The highest BCUT2D eigenvalue weighted by atomic mass is 19.1. The second-order valence-electron chi connectivity index (χ2n) is 3.28. The summed E-state index contributed by atoms with van der Waals surface area (Å²) in [4.78, 5) is 21.6. The highest BCUT2D eigenvalue weighted by Crippen LogP contribution is 2.03. The summed E-state index contributed by atoms with van der Waals surface area (Å²) in [6.07, 6.45) is 0.141. The van der Waals surface area contributed by atoms with Crippen molar-refractivity contribution in [2.24, 2.45) is 0 Å². The molecule has 0 saturated heterocycles. The van der Waals surface area contributed by atoms with Gasteiger partial charge in [0, 0.05) is 6.42 Å². The lowest BCUT2D eigenvalue weighted by Crippen LogP contribution is -2.43. The Morgan fingerprint density at radius 1 is 1.31 bits per heavy atom. The monoisotopic (exact) mass is 225 g/mol. The lowest BCUT2D eigenvalue weighted by molar-refractivity contribution is -0.141. The first-order chi connectivity index (χ1) is 7.63. The molecule has 4 nitrogen and oxygen atoms in total. The summed E-state index contributed by atoms with van der Waals surface area (Å²) in [5.74, 6) is -2.09. The molecule has 1 aromatic carbocycles. The van der Waals surface area contributed by atoms with Crippen LogP contribution in [0.2, 0.25) is 0 Å². The SMILES string of the molecule is O=C(CF)N[C@H](Cc1ccccc1)C(=O)O. The van der Waals surface area contributed by atoms with E-state index in [1.807, 2.05) is 0 Å². The van der Waals surface area contributed by atoms with Gasteiger partial charge in [-0.2, -0.15) is 0 Å². The summed E-state index contributed by atoms with van der Waals surface area (Å²) in [7, 11) is 0. The number of rotatable bonds is 5. The van der Waals surface area contributed by atoms with Crippen molar-refractivity contribution in [3.63, 3.8) is 0 Å². The normalized spacial score (nSPS) is 11.8. The maximum absolute atomic E-state index is 11.9. The quantitative estimate of drug-likeness (QED) is 0.777. The first-order valence-corrected chi connectivity index (χ1v) is 4.75. The van der Waals surface area contributed by atoms with Crippen LogP contribution in [0.3, 0.4) is 0 Å². The van der Waals surface area contributed by atoms with Gasteiger partial charge in [-0.15, -0.1) is 0 Å². The number of alkyl halides is 1. The number of halogens is 1. The third-order valence-corrected chi connectivity index (χ3v) is 2.04. The molecule has 1 aromatic rings. The van der Waals surface area contributed by atoms with Crippen LogP contribution in [0.5, 0.6) is 0 Å². The molecule has 16 heavy (non-hydrogen) atoms. The van der Waals surface area contributed by atoms with Gasteiger partial charge in [-0.1, -0.05) is 30.3 Å². The zero-order valence-corrected chi connectivity index (χ0v) is 8.52. The van der Waals surface area contributed by atoms with Gasteiger partial charge in [-0.25, -0.2) is 9.18 Å². The van der Waals surface area contributed by atoms with Crippen molar-refractivity contribution in [1.29, 1.82) is 0 Å². The Morgan fingerprint density at radius 3 is 2.44 bits per heavy atom. The molecule has 0 radical (unpaired) electrons. The van der Waals surface area contributed by atoms with Gasteiger partial charge in [0.25, 0.3) is 5.91 Å². The fourth-order valence-corrected chi connectivity index (χ4v) is 1.28. The number of carbonyl (C=O) groups excluding carboxylic acids is 1. The second kappa shape index (κ2) is 5.85. The zero-order valence-electron chi connectivity index (χ0n) is 8.52. The maximum Gasteiger partial charge on any atom is 0.326 e. The lowest BCUT2D eigenvalue weighted by atomic mass is 10.1. The Bertz CT molecular complexity index is 367. The summed E-state index contributed by atoms with van der Waals surface area (Å²) in [5, 5.41) is 10.9. The largest absolute Gasteiger partial charge is 0.480 e. The van der Waals surface area contributed by atoms with Crippen LogP contribution in [0.4, 0.5) is 4.39 Å². The van der Waals surface area contributed by atoms with Gasteiger partial charge in [0.15, 0.2) is 6.67 Å². The van der Waals surface area contributed by atoms with E-state index in [9.17, 15) is 14.0 Å². The van der Waals surface area contributed by atoms with Crippen LogP contribution in [0.1, 0.15) is 5.56 Å². The molecule has 1 rings (SSSR count). The summed E-state index contributed by atoms with van der Waals surface area (Å²) in [6.45, 7) is -1.21. The van der Waals surface area contributed by atoms with Crippen LogP contribution in [-0.4, -0.2) is 29.7 Å². The van der Waals surface area contributed by atoms with Crippen LogP contribution in [0.25, 0.3) is 0 Å². The number of carboxylic acids is 1. The first-order valence-electron chi connectivity index (χ1n) is 4.75. The molecule has 1 atom stereocenters. The molecule has 0 fully saturated rings. The van der Waals surface area contributed by atoms with E-state index in [0.29, 0.717) is 0 Å². The van der Waals surface area contributed by atoms with Gasteiger partial charge < -0.3 is 10.4 Å². The molecule has 0 heterocycles. The van der Waals surface area contributed by atoms with E-state index in [-0.39, 0.29) is 6.42 Å². The number of amides is 1. The molecule has 86 valence electrons. The minimum Gasteiger partial charge on any atom is -0.480 e. The Labute approximate surface area is 92.1 Å². The highest BCUT2D eigenvalue weighted by Gasteiger charge is 2.19. The fourth-order valence-electron chi connectivity index (χ4n) is 1.28. The van der Waals surface area contributed by atoms with Crippen LogP contribution >= 0.6 is 0 Å². The van der Waals surface area contributed by atoms with Crippen molar-refractivity contribution in [3.8, 4) is 0 Å². The van der Waals surface area contributed by atoms with Crippen LogP contribution < -0.4 is 5.32 Å². The smallest absolute Gasteiger partial charge is 0.326 e. The lowest BCUT2D eigenvalue weighted by Gasteiger charge is -2.13. The van der Waals surface area contributed by atoms with Crippen molar-refractivity contribution >= 4 is 11.9 Å². The first kappa shape index (κ1) is 12.2. The number of hydrogen-bond donors (Lipinski definition) is 2. The molecule has 5 heteroatoms. The average Bonchev–Trinajstić information content (AvgIpc) is 2.29. The summed E-state index contributed by atoms with van der Waals surface area (Å²) >= 11 is 0. The van der Waals surface area contributed by atoms with Crippen LogP contribution in [-0.2, 0) is 16.0 Å². The molecule has 0 unspecified atom stereocenters. The molecule has 0 aliphatic carbocycles. The molecule has 1 amide bonds. The van der Waals surface area contributed by atoms with E-state index in [0.717, 1.165) is 5.56 Å². The molecule has 2 N–H and O–H groups in total. The second-order valence-corrected chi connectivity index (χ2v) is 3.28. The predicted molar refractivity (Wildman–Crippen MR) is 55.7 cm³/mol. The molecular formula is C11H12FNO3. The van der Waals surface area contributed by atoms with Crippen LogP contribution in [0, 0.1) is 0 Å². The molecule has 0 spiro atoms. The molecule has 0 aromatic heterocycles. The summed E-state index contributed by atoms with van der Waals surface area (Å²) < 4.78 is 11.9. The highest BCUT2D eigenvalue weighted by molar-refractivity contribution is 5.84. The van der Waals surface area contributed by atoms with E-state index in [4.69, 9.17) is 5.11 Å². The van der Waals surface area contributed by atoms with Crippen molar-refractivity contribution in [2.75, 3.05) is 6.67 Å². The minimum atomic E-state index is -1.21. The van der Waals surface area contributed by atoms with E-state index < -0.39 is 24.6 Å². The van der Waals surface area contributed by atoms with Crippen molar-refractivity contribution < 1.29 is 19.1 Å². The summed E-state index contributed by atoms with van der Waals surface area (Å²) in [6, 6.07) is 7.75. The Morgan fingerprint density at radius 2 is 1.94 bits per heavy atom. The van der Waals surface area contributed by atoms with Crippen molar-refractivity contribution in [3.05, 3.63) is 35.9 Å². The third kappa shape index (κ3) is 3.68. The van der Waals surface area contributed by atoms with Gasteiger partial charge in [-0.3, -0.25) is 4.79 Å². The van der Waals surface area contributed by atoms with E-state index in [2.05, 4.69) is 5.32 Å². The Hall–Kier alpha value is -1.91. The van der Waals surface area contributed by atoms with Gasteiger partial charge in [0.2, 0.25) is 0 Å².